The van der Waals surface area contributed by atoms with Crippen molar-refractivity contribution in [2.45, 2.75) is 20.3 Å². The van der Waals surface area contributed by atoms with Gasteiger partial charge in [0, 0.05) is 17.5 Å². The number of rotatable bonds is 5. The topological polar surface area (TPSA) is 75.7 Å². The van der Waals surface area contributed by atoms with E-state index in [9.17, 15) is 15.3 Å². The van der Waals surface area contributed by atoms with Crippen LogP contribution in [0.2, 0.25) is 0 Å². The van der Waals surface area contributed by atoms with Crippen molar-refractivity contribution in [3.05, 3.63) is 75.8 Å². The van der Waals surface area contributed by atoms with Crippen molar-refractivity contribution in [3.8, 4) is 0 Å². The van der Waals surface area contributed by atoms with E-state index in [2.05, 4.69) is 5.16 Å². The first-order chi connectivity index (χ1) is 10.4. The summed E-state index contributed by atoms with van der Waals surface area (Å²) in [7, 11) is 0. The molecule has 2 aromatic rings. The molecule has 0 spiro atoms. The molecule has 22 heavy (non-hydrogen) atoms. The summed E-state index contributed by atoms with van der Waals surface area (Å²) < 4.78 is 0. The Bertz CT molecular complexity index is 677. The molecule has 0 bridgehead atoms. The quantitative estimate of drug-likeness (QED) is 0.391. The Morgan fingerprint density at radius 1 is 1.14 bits per heavy atom. The minimum atomic E-state index is -0.417. The van der Waals surface area contributed by atoms with Gasteiger partial charge in [-0.15, -0.1) is 0 Å². The lowest BCUT2D eigenvalue weighted by Gasteiger charge is -2.26. The Balaban J connectivity index is 2.24. The van der Waals surface area contributed by atoms with Gasteiger partial charge in [-0.1, -0.05) is 61.5 Å². The van der Waals surface area contributed by atoms with Crippen molar-refractivity contribution in [2.75, 3.05) is 0 Å². The van der Waals surface area contributed by atoms with Crippen molar-refractivity contribution >= 4 is 11.4 Å². The van der Waals surface area contributed by atoms with Crippen LogP contribution in [-0.2, 0) is 6.42 Å². The minimum Gasteiger partial charge on any atom is -0.411 e. The standard InChI is InChI=1S/C17H18N2O3/c1-17(2,16(18-20)14-6-4-3-5-7-14)12-13-8-10-15(11-9-13)19(21)22/h3-11,20H,12H2,1-2H3/b18-16+. The minimum absolute atomic E-state index is 0.0701. The first kappa shape index (κ1) is 15.7. The largest absolute Gasteiger partial charge is 0.411 e. The third-order valence-electron chi connectivity index (χ3n) is 3.58. The molecule has 0 amide bonds. The molecule has 5 heteroatoms. The molecule has 0 aliphatic carbocycles. The van der Waals surface area contributed by atoms with Gasteiger partial charge < -0.3 is 5.21 Å². The summed E-state index contributed by atoms with van der Waals surface area (Å²) in [6.07, 6.45) is 0.610. The summed E-state index contributed by atoms with van der Waals surface area (Å²) in [5.74, 6) is 0. The molecule has 5 nitrogen and oxygen atoms in total. The second kappa shape index (κ2) is 6.39. The normalized spacial score (nSPS) is 12.2. The van der Waals surface area contributed by atoms with Crippen LogP contribution in [-0.4, -0.2) is 15.8 Å². The molecule has 0 aliphatic rings. The molecule has 0 aliphatic heterocycles. The molecule has 0 unspecified atom stereocenters. The van der Waals surface area contributed by atoms with Gasteiger partial charge in [-0.25, -0.2) is 0 Å². The van der Waals surface area contributed by atoms with Gasteiger partial charge in [-0.05, 0) is 17.5 Å². The zero-order chi connectivity index (χ0) is 16.2. The Hall–Kier alpha value is -2.69. The molecule has 0 saturated carbocycles. The highest BCUT2D eigenvalue weighted by Gasteiger charge is 2.27. The van der Waals surface area contributed by atoms with Crippen LogP contribution in [0.3, 0.4) is 0 Å². The van der Waals surface area contributed by atoms with Crippen LogP contribution in [0.4, 0.5) is 5.69 Å². The zero-order valence-corrected chi connectivity index (χ0v) is 12.6. The van der Waals surface area contributed by atoms with E-state index in [1.807, 2.05) is 44.2 Å². The van der Waals surface area contributed by atoms with Crippen LogP contribution in [0, 0.1) is 15.5 Å². The van der Waals surface area contributed by atoms with Crippen LogP contribution in [0.15, 0.2) is 59.8 Å². The van der Waals surface area contributed by atoms with Crippen LogP contribution in [0.25, 0.3) is 0 Å². The molecule has 0 heterocycles. The monoisotopic (exact) mass is 298 g/mol. The second-order valence-corrected chi connectivity index (χ2v) is 5.80. The molecule has 0 saturated heterocycles. The zero-order valence-electron chi connectivity index (χ0n) is 12.6. The van der Waals surface area contributed by atoms with Gasteiger partial charge in [0.1, 0.15) is 0 Å². The first-order valence-corrected chi connectivity index (χ1v) is 6.95. The summed E-state index contributed by atoms with van der Waals surface area (Å²) in [5.41, 5.74) is 2.06. The van der Waals surface area contributed by atoms with E-state index in [0.717, 1.165) is 11.1 Å². The van der Waals surface area contributed by atoms with Gasteiger partial charge in [0.2, 0.25) is 0 Å². The first-order valence-electron chi connectivity index (χ1n) is 6.95. The van der Waals surface area contributed by atoms with E-state index in [1.54, 1.807) is 12.1 Å². The maximum absolute atomic E-state index is 10.7. The van der Waals surface area contributed by atoms with E-state index in [4.69, 9.17) is 0 Å². The molecule has 0 radical (unpaired) electrons. The highest BCUT2D eigenvalue weighted by Crippen LogP contribution is 2.28. The number of nitro benzene ring substituents is 1. The van der Waals surface area contributed by atoms with Gasteiger partial charge in [-0.2, -0.15) is 0 Å². The van der Waals surface area contributed by atoms with Gasteiger partial charge in [0.05, 0.1) is 10.6 Å². The van der Waals surface area contributed by atoms with Gasteiger partial charge in [0.15, 0.2) is 0 Å². The fourth-order valence-corrected chi connectivity index (χ4v) is 2.51. The number of hydrogen-bond donors (Lipinski definition) is 1. The molecule has 1 N–H and O–H groups in total. The number of nitrogens with zero attached hydrogens (tertiary/aromatic N) is 2. The number of benzene rings is 2. The van der Waals surface area contributed by atoms with E-state index >= 15 is 0 Å². The third-order valence-corrected chi connectivity index (χ3v) is 3.58. The van der Waals surface area contributed by atoms with Crippen LogP contribution >= 0.6 is 0 Å². The maximum Gasteiger partial charge on any atom is 0.269 e. The van der Waals surface area contributed by atoms with E-state index in [-0.39, 0.29) is 5.69 Å². The lowest BCUT2D eigenvalue weighted by atomic mass is 9.78. The Kier molecular flexibility index (Phi) is 4.56. The highest BCUT2D eigenvalue weighted by molar-refractivity contribution is 6.04. The maximum atomic E-state index is 10.7. The molecule has 2 rings (SSSR count). The predicted octanol–water partition coefficient (Wildman–Crippen LogP) is 4.04. The number of nitro groups is 1. The molecule has 0 fully saturated rings. The third kappa shape index (κ3) is 3.49. The van der Waals surface area contributed by atoms with E-state index in [0.29, 0.717) is 12.1 Å². The summed E-state index contributed by atoms with van der Waals surface area (Å²) in [4.78, 5) is 10.3. The summed E-state index contributed by atoms with van der Waals surface area (Å²) in [5, 5.41) is 23.6. The highest BCUT2D eigenvalue weighted by atomic mass is 16.6. The summed E-state index contributed by atoms with van der Waals surface area (Å²) in [6.45, 7) is 3.97. The van der Waals surface area contributed by atoms with Gasteiger partial charge in [-0.3, -0.25) is 10.1 Å². The average molecular weight is 298 g/mol. The van der Waals surface area contributed by atoms with Crippen molar-refractivity contribution in [1.82, 2.24) is 0 Å². The molecular formula is C17H18N2O3. The fraction of sp³-hybridized carbons (Fsp3) is 0.235. The predicted molar refractivity (Wildman–Crippen MR) is 85.3 cm³/mol. The molecule has 114 valence electrons. The summed E-state index contributed by atoms with van der Waals surface area (Å²) >= 11 is 0. The lowest BCUT2D eigenvalue weighted by Crippen LogP contribution is -2.28. The van der Waals surface area contributed by atoms with Crippen LogP contribution in [0.1, 0.15) is 25.0 Å². The lowest BCUT2D eigenvalue weighted by molar-refractivity contribution is -0.384. The molecule has 0 atom stereocenters. The van der Waals surface area contributed by atoms with Gasteiger partial charge in [0.25, 0.3) is 5.69 Å². The van der Waals surface area contributed by atoms with Crippen molar-refractivity contribution in [2.24, 2.45) is 10.6 Å². The fourth-order valence-electron chi connectivity index (χ4n) is 2.51. The number of oxime groups is 1. The van der Waals surface area contributed by atoms with E-state index in [1.165, 1.54) is 12.1 Å². The SMILES string of the molecule is CC(C)(Cc1ccc([N+](=O)[O-])cc1)/C(=N/O)c1ccccc1. The van der Waals surface area contributed by atoms with Crippen molar-refractivity contribution in [1.29, 1.82) is 0 Å². The van der Waals surface area contributed by atoms with Crippen molar-refractivity contribution < 1.29 is 10.1 Å². The smallest absolute Gasteiger partial charge is 0.269 e. The van der Waals surface area contributed by atoms with Crippen LogP contribution < -0.4 is 0 Å². The Labute approximate surface area is 129 Å². The second-order valence-electron chi connectivity index (χ2n) is 5.80. The number of hydrogen-bond acceptors (Lipinski definition) is 4. The Morgan fingerprint density at radius 2 is 1.73 bits per heavy atom. The van der Waals surface area contributed by atoms with Crippen molar-refractivity contribution in [3.63, 3.8) is 0 Å². The molecule has 0 aromatic heterocycles. The Morgan fingerprint density at radius 3 is 2.23 bits per heavy atom. The van der Waals surface area contributed by atoms with Gasteiger partial charge >= 0.3 is 0 Å². The average Bonchev–Trinajstić information content (AvgIpc) is 2.49. The summed E-state index contributed by atoms with van der Waals surface area (Å²) in [6, 6.07) is 15.9. The van der Waals surface area contributed by atoms with Crippen LogP contribution in [0.5, 0.6) is 0 Å². The molecular weight excluding hydrogens is 280 g/mol. The number of non-ortho nitro benzene ring substituents is 1. The molecule has 2 aromatic carbocycles. The van der Waals surface area contributed by atoms with E-state index < -0.39 is 10.3 Å².